The average Bonchev–Trinajstić information content (AvgIpc) is 3.32. The van der Waals surface area contributed by atoms with E-state index in [4.69, 9.17) is 18.6 Å². The SMILES string of the molecule is CCOC(=O)c1ccc2nc(-c3ccc(Oc4cccc(OCc5ccccc5)c4)cn3)oc2c1. The number of carbonyl (C=O) groups is 1. The maximum Gasteiger partial charge on any atom is 0.338 e. The van der Waals surface area contributed by atoms with E-state index in [2.05, 4.69) is 9.97 Å². The Hall–Kier alpha value is -4.65. The van der Waals surface area contributed by atoms with Gasteiger partial charge in [-0.05, 0) is 55.0 Å². The Morgan fingerprint density at radius 1 is 0.886 bits per heavy atom. The van der Waals surface area contributed by atoms with Crippen LogP contribution < -0.4 is 9.47 Å². The summed E-state index contributed by atoms with van der Waals surface area (Å²) in [5, 5.41) is 0. The molecule has 2 heterocycles. The molecule has 0 radical (unpaired) electrons. The molecule has 0 amide bonds. The summed E-state index contributed by atoms with van der Waals surface area (Å²) in [5.74, 6) is 1.86. The fourth-order valence-corrected chi connectivity index (χ4v) is 3.45. The molecule has 0 aliphatic carbocycles. The number of fused-ring (bicyclic) bond motifs is 1. The Labute approximate surface area is 201 Å². The summed E-state index contributed by atoms with van der Waals surface area (Å²) in [6.07, 6.45) is 1.60. The number of benzene rings is 3. The molecule has 0 N–H and O–H groups in total. The van der Waals surface area contributed by atoms with Gasteiger partial charge in [0.2, 0.25) is 5.89 Å². The van der Waals surface area contributed by atoms with Gasteiger partial charge in [-0.3, -0.25) is 0 Å². The molecule has 0 saturated carbocycles. The van der Waals surface area contributed by atoms with Gasteiger partial charge in [0.1, 0.15) is 35.1 Å². The summed E-state index contributed by atoms with van der Waals surface area (Å²) in [7, 11) is 0. The highest BCUT2D eigenvalue weighted by Gasteiger charge is 2.13. The van der Waals surface area contributed by atoms with E-state index in [1.165, 1.54) is 0 Å². The minimum absolute atomic E-state index is 0.307. The van der Waals surface area contributed by atoms with Gasteiger partial charge in [0, 0.05) is 6.07 Å². The van der Waals surface area contributed by atoms with Crippen molar-refractivity contribution in [2.45, 2.75) is 13.5 Å². The molecule has 0 unspecified atom stereocenters. The molecule has 5 aromatic rings. The van der Waals surface area contributed by atoms with Crippen LogP contribution in [0.15, 0.2) is 95.5 Å². The minimum atomic E-state index is -0.401. The number of hydrogen-bond acceptors (Lipinski definition) is 7. The smallest absolute Gasteiger partial charge is 0.338 e. The van der Waals surface area contributed by atoms with Crippen LogP contribution in [0, 0.1) is 0 Å². The molecular weight excluding hydrogens is 444 g/mol. The fourth-order valence-electron chi connectivity index (χ4n) is 3.45. The number of hydrogen-bond donors (Lipinski definition) is 0. The Kier molecular flexibility index (Phi) is 6.39. The highest BCUT2D eigenvalue weighted by molar-refractivity contribution is 5.93. The lowest BCUT2D eigenvalue weighted by atomic mass is 10.2. The molecule has 174 valence electrons. The van der Waals surface area contributed by atoms with Gasteiger partial charge in [-0.15, -0.1) is 0 Å². The summed E-state index contributed by atoms with van der Waals surface area (Å²) in [4.78, 5) is 20.8. The van der Waals surface area contributed by atoms with E-state index in [9.17, 15) is 4.79 Å². The van der Waals surface area contributed by atoms with E-state index in [1.54, 1.807) is 43.5 Å². The van der Waals surface area contributed by atoms with Crippen molar-refractivity contribution in [2.24, 2.45) is 0 Å². The molecule has 0 bridgehead atoms. The topological polar surface area (TPSA) is 83.7 Å². The standard InChI is InChI=1S/C28H22N2O5/c1-2-32-28(31)20-11-13-24-26(15-20)35-27(30-24)25-14-12-23(17-29-25)34-22-10-6-9-21(16-22)33-18-19-7-4-3-5-8-19/h3-17H,2,18H2,1H3. The Morgan fingerprint density at radius 3 is 2.54 bits per heavy atom. The number of ether oxygens (including phenoxy) is 3. The first-order chi connectivity index (χ1) is 17.2. The average molecular weight is 466 g/mol. The van der Waals surface area contributed by atoms with E-state index >= 15 is 0 Å². The highest BCUT2D eigenvalue weighted by atomic mass is 16.5. The van der Waals surface area contributed by atoms with Crippen LogP contribution in [0.5, 0.6) is 17.2 Å². The third-order valence-electron chi connectivity index (χ3n) is 5.14. The summed E-state index contributed by atoms with van der Waals surface area (Å²) in [5.41, 5.74) is 3.16. The maximum absolute atomic E-state index is 12.0. The number of pyridine rings is 1. The van der Waals surface area contributed by atoms with Crippen LogP contribution in [0.1, 0.15) is 22.8 Å². The van der Waals surface area contributed by atoms with Gasteiger partial charge in [0.25, 0.3) is 0 Å². The fraction of sp³-hybridized carbons (Fsp3) is 0.107. The van der Waals surface area contributed by atoms with Gasteiger partial charge in [-0.2, -0.15) is 0 Å². The molecule has 0 spiro atoms. The molecule has 7 heteroatoms. The highest BCUT2D eigenvalue weighted by Crippen LogP contribution is 2.28. The number of esters is 1. The van der Waals surface area contributed by atoms with E-state index < -0.39 is 5.97 Å². The van der Waals surface area contributed by atoms with Crippen molar-refractivity contribution in [1.29, 1.82) is 0 Å². The summed E-state index contributed by atoms with van der Waals surface area (Å²) >= 11 is 0. The van der Waals surface area contributed by atoms with Gasteiger partial charge in [0.15, 0.2) is 5.58 Å². The van der Waals surface area contributed by atoms with Crippen molar-refractivity contribution >= 4 is 17.1 Å². The predicted octanol–water partition coefficient (Wildman–Crippen LogP) is 6.44. The number of carbonyl (C=O) groups excluding carboxylic acids is 1. The molecule has 35 heavy (non-hydrogen) atoms. The van der Waals surface area contributed by atoms with Crippen molar-refractivity contribution in [3.8, 4) is 28.8 Å². The van der Waals surface area contributed by atoms with Crippen LogP contribution >= 0.6 is 0 Å². The van der Waals surface area contributed by atoms with Gasteiger partial charge >= 0.3 is 5.97 Å². The third-order valence-corrected chi connectivity index (χ3v) is 5.14. The first-order valence-corrected chi connectivity index (χ1v) is 11.2. The minimum Gasteiger partial charge on any atom is -0.489 e. The summed E-state index contributed by atoms with van der Waals surface area (Å²) < 4.78 is 22.7. The first kappa shape index (κ1) is 22.2. The van der Waals surface area contributed by atoms with E-state index in [0.29, 0.717) is 58.7 Å². The van der Waals surface area contributed by atoms with E-state index in [0.717, 1.165) is 5.56 Å². The molecule has 0 saturated heterocycles. The predicted molar refractivity (Wildman–Crippen MR) is 130 cm³/mol. The molecule has 0 aliphatic heterocycles. The number of oxazole rings is 1. The second-order valence-electron chi connectivity index (χ2n) is 7.65. The van der Waals surface area contributed by atoms with Crippen molar-refractivity contribution < 1.29 is 23.4 Å². The zero-order valence-electron chi connectivity index (χ0n) is 19.0. The van der Waals surface area contributed by atoms with Crippen LogP contribution in [0.2, 0.25) is 0 Å². The first-order valence-electron chi connectivity index (χ1n) is 11.2. The monoisotopic (exact) mass is 466 g/mol. The molecular formula is C28H22N2O5. The molecule has 0 atom stereocenters. The van der Waals surface area contributed by atoms with Crippen LogP contribution in [0.4, 0.5) is 0 Å². The number of rotatable bonds is 8. The molecule has 0 fully saturated rings. The molecule has 3 aromatic carbocycles. The number of nitrogens with zero attached hydrogens (tertiary/aromatic N) is 2. The van der Waals surface area contributed by atoms with E-state index in [-0.39, 0.29) is 0 Å². The molecule has 0 aliphatic rings. The summed E-state index contributed by atoms with van der Waals surface area (Å²) in [6, 6.07) is 26.0. The molecule has 2 aromatic heterocycles. The Bertz CT molecular complexity index is 1450. The lowest BCUT2D eigenvalue weighted by Gasteiger charge is -2.09. The van der Waals surface area contributed by atoms with Crippen molar-refractivity contribution in [1.82, 2.24) is 9.97 Å². The lowest BCUT2D eigenvalue weighted by Crippen LogP contribution is -2.03. The second kappa shape index (κ2) is 10.1. The second-order valence-corrected chi connectivity index (χ2v) is 7.65. The summed E-state index contributed by atoms with van der Waals surface area (Å²) in [6.45, 7) is 2.55. The van der Waals surface area contributed by atoms with Crippen LogP contribution in [0.3, 0.4) is 0 Å². The van der Waals surface area contributed by atoms with Gasteiger partial charge in [-0.25, -0.2) is 14.8 Å². The molecule has 7 nitrogen and oxygen atoms in total. The molecule has 5 rings (SSSR count). The zero-order chi connectivity index (χ0) is 24.0. The van der Waals surface area contributed by atoms with E-state index in [1.807, 2.05) is 54.6 Å². The third kappa shape index (κ3) is 5.30. The Morgan fingerprint density at radius 2 is 1.74 bits per heavy atom. The normalized spacial score (nSPS) is 10.8. The van der Waals surface area contributed by atoms with Gasteiger partial charge in [-0.1, -0.05) is 36.4 Å². The van der Waals surface area contributed by atoms with Gasteiger partial charge < -0.3 is 18.6 Å². The van der Waals surface area contributed by atoms with Crippen molar-refractivity contribution in [3.63, 3.8) is 0 Å². The number of aromatic nitrogens is 2. The largest absolute Gasteiger partial charge is 0.489 e. The maximum atomic E-state index is 12.0. The Balaban J connectivity index is 1.27. The van der Waals surface area contributed by atoms with Crippen LogP contribution in [-0.2, 0) is 11.3 Å². The zero-order valence-corrected chi connectivity index (χ0v) is 19.0. The lowest BCUT2D eigenvalue weighted by molar-refractivity contribution is 0.0526. The van der Waals surface area contributed by atoms with Gasteiger partial charge in [0.05, 0.1) is 18.4 Å². The van der Waals surface area contributed by atoms with Crippen LogP contribution in [0.25, 0.3) is 22.7 Å². The van der Waals surface area contributed by atoms with Crippen molar-refractivity contribution in [2.75, 3.05) is 6.61 Å². The quantitative estimate of drug-likeness (QED) is 0.243. The van der Waals surface area contributed by atoms with Crippen LogP contribution in [-0.4, -0.2) is 22.5 Å². The van der Waals surface area contributed by atoms with Crippen molar-refractivity contribution in [3.05, 3.63) is 102 Å².